The fourth-order valence-electron chi connectivity index (χ4n) is 8.91. The average molecular weight is 816 g/mol. The molecule has 3 N–H and O–H groups in total. The lowest BCUT2D eigenvalue weighted by molar-refractivity contribution is -0.250. The van der Waals surface area contributed by atoms with Gasteiger partial charge in [0.05, 0.1) is 29.2 Å². The number of anilines is 1. The van der Waals surface area contributed by atoms with Gasteiger partial charge >= 0.3 is 0 Å². The van der Waals surface area contributed by atoms with E-state index < -0.39 is 27.8 Å². The minimum absolute atomic E-state index is 0.0113. The first-order valence-electron chi connectivity index (χ1n) is 19.7. The number of nitrogens with zero attached hydrogens (tertiary/aromatic N) is 2. The number of nitrogens with one attached hydrogen (secondary N) is 1. The predicted octanol–water partition coefficient (Wildman–Crippen LogP) is 6.83. The summed E-state index contributed by atoms with van der Waals surface area (Å²) in [7, 11) is -1.25. The number of hydrogen-bond acceptors (Lipinski definition) is 11. The highest BCUT2D eigenvalue weighted by molar-refractivity contribution is 7.89. The maximum Gasteiger partial charge on any atom is 0.243 e. The average Bonchev–Trinajstić information content (AvgIpc) is 3.21. The summed E-state index contributed by atoms with van der Waals surface area (Å²) in [5.41, 5.74) is 3.17. The molecule has 3 aromatic carbocycles. The van der Waals surface area contributed by atoms with Crippen LogP contribution in [0.25, 0.3) is 0 Å². The van der Waals surface area contributed by atoms with Crippen molar-refractivity contribution in [2.75, 3.05) is 39.3 Å². The lowest BCUT2D eigenvalue weighted by atomic mass is 9.55. The number of ether oxygens (including phenoxy) is 3. The third kappa shape index (κ3) is 8.76. The Labute approximate surface area is 340 Å². The summed E-state index contributed by atoms with van der Waals surface area (Å²) in [6.07, 6.45) is 8.93. The second-order valence-corrected chi connectivity index (χ2v) is 17.0. The van der Waals surface area contributed by atoms with Gasteiger partial charge in [-0.05, 0) is 97.7 Å². The van der Waals surface area contributed by atoms with Gasteiger partial charge in [0.15, 0.2) is 0 Å². The smallest absolute Gasteiger partial charge is 0.243 e. The lowest BCUT2D eigenvalue weighted by Crippen LogP contribution is -2.69. The van der Waals surface area contributed by atoms with Crippen molar-refractivity contribution < 1.29 is 47.3 Å². The zero-order chi connectivity index (χ0) is 41.5. The molecule has 3 aromatic rings. The van der Waals surface area contributed by atoms with Crippen LogP contribution in [0.1, 0.15) is 73.7 Å². The zero-order valence-electron chi connectivity index (χ0n) is 33.2. The fourth-order valence-corrected chi connectivity index (χ4v) is 10.3. The summed E-state index contributed by atoms with van der Waals surface area (Å²) in [6.45, 7) is 5.47. The van der Waals surface area contributed by atoms with Gasteiger partial charge in [-0.1, -0.05) is 42.3 Å². The molecule has 1 aliphatic heterocycles. The molecule has 2 aliphatic carbocycles. The van der Waals surface area contributed by atoms with Gasteiger partial charge in [0, 0.05) is 56.3 Å². The number of oxime groups is 1. The number of carbonyl (C=O) groups is 2. The van der Waals surface area contributed by atoms with Crippen LogP contribution in [0, 0.1) is 17.8 Å². The summed E-state index contributed by atoms with van der Waals surface area (Å²) in [6, 6.07) is 17.4. The van der Waals surface area contributed by atoms with Gasteiger partial charge in [0.25, 0.3) is 0 Å². The number of likely N-dealkylation sites (N-methyl/N-ethyl adjacent to an activating group) is 1. The van der Waals surface area contributed by atoms with E-state index in [9.17, 15) is 28.2 Å². The summed E-state index contributed by atoms with van der Waals surface area (Å²) in [5.74, 6) is -1.31. The van der Waals surface area contributed by atoms with E-state index in [1.807, 2.05) is 12.1 Å². The van der Waals surface area contributed by atoms with Crippen LogP contribution in [0.5, 0.6) is 17.2 Å². The van der Waals surface area contributed by atoms with Crippen molar-refractivity contribution in [1.29, 1.82) is 0 Å². The molecule has 1 fully saturated rings. The monoisotopic (exact) mass is 815 g/mol. The number of sulfonamides is 1. The van der Waals surface area contributed by atoms with Crippen molar-refractivity contribution in [3.63, 3.8) is 0 Å². The highest BCUT2D eigenvalue weighted by Gasteiger charge is 2.65. The minimum atomic E-state index is -4.22. The van der Waals surface area contributed by atoms with Gasteiger partial charge in [-0.2, -0.15) is 4.31 Å². The number of aliphatic hydroxyl groups is 2. The number of fused-ring (bicyclic) bond motifs is 2. The Morgan fingerprint density at radius 2 is 1.76 bits per heavy atom. The molecule has 6 unspecified atom stereocenters. The Hall–Kier alpha value is -4.86. The van der Waals surface area contributed by atoms with Crippen LogP contribution >= 0.6 is 0 Å². The Morgan fingerprint density at radius 1 is 1.03 bits per heavy atom. The molecule has 1 heterocycles. The number of rotatable bonds is 19. The maximum atomic E-state index is 14.7. The third-order valence-corrected chi connectivity index (χ3v) is 13.2. The van der Waals surface area contributed by atoms with E-state index >= 15 is 0 Å². The molecule has 14 heteroatoms. The van der Waals surface area contributed by atoms with Gasteiger partial charge in [-0.25, -0.2) is 8.42 Å². The highest BCUT2D eigenvalue weighted by atomic mass is 32.2. The molecular weight excluding hydrogens is 763 g/mol. The second kappa shape index (κ2) is 18.8. The van der Waals surface area contributed by atoms with Crippen molar-refractivity contribution >= 4 is 33.6 Å². The maximum absolute atomic E-state index is 14.7. The van der Waals surface area contributed by atoms with Gasteiger partial charge in [-0.3, -0.25) is 9.59 Å². The van der Waals surface area contributed by atoms with E-state index in [0.717, 1.165) is 43.1 Å². The van der Waals surface area contributed by atoms with Crippen LogP contribution in [-0.2, 0) is 24.4 Å². The van der Waals surface area contributed by atoms with Crippen LogP contribution in [0.15, 0.2) is 101 Å². The molecule has 0 aromatic heterocycles. The Kier molecular flexibility index (Phi) is 13.9. The first-order chi connectivity index (χ1) is 28.0. The quantitative estimate of drug-likeness (QED) is 0.0504. The SMILES string of the molecule is C=CCOC12Oc3ccc(Oc4cccc(C=O)c4)cc3C3C(CCCCO)C(CCCCO)C=C(C(=NOC)CC1N(C)S(=O)(=O)c1ccc(NC(C)=O)cc1)C32. The summed E-state index contributed by atoms with van der Waals surface area (Å²) < 4.78 is 50.9. The molecule has 6 rings (SSSR count). The summed E-state index contributed by atoms with van der Waals surface area (Å²) in [5, 5.41) is 26.9. The molecule has 13 nitrogen and oxygen atoms in total. The van der Waals surface area contributed by atoms with E-state index in [4.69, 9.17) is 19.0 Å². The van der Waals surface area contributed by atoms with Crippen LogP contribution in [-0.4, -0.2) is 86.6 Å². The number of amides is 1. The van der Waals surface area contributed by atoms with Crippen molar-refractivity contribution in [3.05, 3.63) is 102 Å². The third-order valence-electron chi connectivity index (χ3n) is 11.4. The number of hydrogen-bond donors (Lipinski definition) is 3. The molecule has 3 aliphatic rings. The summed E-state index contributed by atoms with van der Waals surface area (Å²) in [4.78, 5) is 28.7. The van der Waals surface area contributed by atoms with E-state index in [1.165, 1.54) is 37.5 Å². The van der Waals surface area contributed by atoms with Crippen molar-refractivity contribution in [2.24, 2.45) is 22.9 Å². The van der Waals surface area contributed by atoms with Gasteiger partial charge in [0.2, 0.25) is 21.7 Å². The van der Waals surface area contributed by atoms with Gasteiger partial charge in [0.1, 0.15) is 30.6 Å². The number of aldehydes is 1. The Balaban J connectivity index is 1.56. The molecule has 0 bridgehead atoms. The van der Waals surface area contributed by atoms with Crippen LogP contribution < -0.4 is 14.8 Å². The number of carbonyl (C=O) groups excluding carboxylic acids is 2. The second-order valence-electron chi connectivity index (χ2n) is 15.0. The van der Waals surface area contributed by atoms with Crippen molar-refractivity contribution in [1.82, 2.24) is 4.31 Å². The fraction of sp³-hybridized carbons (Fsp3) is 0.432. The van der Waals surface area contributed by atoms with E-state index in [2.05, 4.69) is 23.1 Å². The number of allylic oxidation sites excluding steroid dienone is 1. The molecule has 6 atom stereocenters. The van der Waals surface area contributed by atoms with Gasteiger partial charge < -0.3 is 34.6 Å². The molecule has 58 heavy (non-hydrogen) atoms. The molecule has 0 spiro atoms. The summed E-state index contributed by atoms with van der Waals surface area (Å²) >= 11 is 0. The topological polar surface area (TPSA) is 173 Å². The van der Waals surface area contributed by atoms with E-state index in [0.29, 0.717) is 47.1 Å². The van der Waals surface area contributed by atoms with Gasteiger partial charge in [-0.15, -0.1) is 6.58 Å². The van der Waals surface area contributed by atoms with Crippen molar-refractivity contribution in [2.45, 2.75) is 74.5 Å². The van der Waals surface area contributed by atoms with Crippen LogP contribution in [0.4, 0.5) is 5.69 Å². The van der Waals surface area contributed by atoms with Crippen molar-refractivity contribution in [3.8, 4) is 17.2 Å². The first kappa shape index (κ1) is 42.7. The number of benzene rings is 3. The Morgan fingerprint density at radius 3 is 2.43 bits per heavy atom. The highest BCUT2D eigenvalue weighted by Crippen LogP contribution is 2.62. The van der Waals surface area contributed by atoms with E-state index in [1.54, 1.807) is 48.5 Å². The predicted molar refractivity (Wildman–Crippen MR) is 220 cm³/mol. The van der Waals surface area contributed by atoms with Crippen LogP contribution in [0.2, 0.25) is 0 Å². The first-order valence-corrected chi connectivity index (χ1v) is 21.2. The zero-order valence-corrected chi connectivity index (χ0v) is 34.0. The Bertz CT molecular complexity index is 2120. The molecule has 310 valence electrons. The molecule has 1 saturated carbocycles. The van der Waals surface area contributed by atoms with Crippen LogP contribution in [0.3, 0.4) is 0 Å². The number of aliphatic hydroxyl groups excluding tert-OH is 2. The largest absolute Gasteiger partial charge is 0.460 e. The number of unbranched alkanes of at least 4 members (excludes halogenated alkanes) is 2. The molecular formula is C44H53N3O10S. The van der Waals surface area contributed by atoms with E-state index in [-0.39, 0.29) is 54.8 Å². The molecule has 0 saturated heterocycles. The standard InChI is InChI=1S/C44H53N3O10S/c1-5-23-55-44-41(47(3)58(52,53)35-18-15-32(16-19-35)45-29(2)51)27-39(46-54-4)37-25-31(12-6-8-21-48)36(14-7-9-22-49)42(43(37)44)38-26-34(17-20-40(38)57-44)56-33-13-10-11-30(24-33)28-50/h5,10-11,13,15-20,24-26,28,31,36,41-43,48-49H,1,6-9,12,14,21-23,27H2,2-4H3,(H,45,51). The molecule has 1 amide bonds. The lowest BCUT2D eigenvalue weighted by Gasteiger charge is -2.59. The normalized spacial score (nSPS) is 24.2. The molecule has 0 radical (unpaired) electrons. The minimum Gasteiger partial charge on any atom is -0.460 e.